The van der Waals surface area contributed by atoms with Crippen LogP contribution in [0.15, 0.2) is 24.3 Å². The zero-order chi connectivity index (χ0) is 16.0. The van der Waals surface area contributed by atoms with Crippen LogP contribution < -0.4 is 10.6 Å². The summed E-state index contributed by atoms with van der Waals surface area (Å²) in [7, 11) is 0. The highest BCUT2D eigenvalue weighted by Crippen LogP contribution is 2.22. The molecule has 1 heterocycles. The molecule has 1 aliphatic heterocycles. The largest absolute Gasteiger partial charge is 0.378 e. The number of nitrogens with one attached hydrogen (secondary N) is 2. The molecule has 2 rings (SSSR count). The van der Waals surface area contributed by atoms with Crippen molar-refractivity contribution in [3.8, 4) is 0 Å². The van der Waals surface area contributed by atoms with E-state index >= 15 is 0 Å². The van der Waals surface area contributed by atoms with Crippen molar-refractivity contribution in [1.82, 2.24) is 10.6 Å². The minimum atomic E-state index is 0. The summed E-state index contributed by atoms with van der Waals surface area (Å²) < 4.78 is 5.35. The lowest BCUT2D eigenvalue weighted by molar-refractivity contribution is -0.122. The molecule has 2 N–H and O–H groups in total. The highest BCUT2D eigenvalue weighted by molar-refractivity contribution is 5.85. The van der Waals surface area contributed by atoms with Gasteiger partial charge in [-0.2, -0.15) is 0 Å². The molecule has 23 heavy (non-hydrogen) atoms. The molecule has 1 aromatic carbocycles. The van der Waals surface area contributed by atoms with Gasteiger partial charge in [0.25, 0.3) is 0 Å². The highest BCUT2D eigenvalue weighted by Gasteiger charge is 2.16. The van der Waals surface area contributed by atoms with Crippen LogP contribution in [-0.2, 0) is 21.4 Å². The molecule has 1 unspecified atom stereocenters. The van der Waals surface area contributed by atoms with E-state index in [4.69, 9.17) is 4.74 Å². The first kappa shape index (κ1) is 19.9. The van der Waals surface area contributed by atoms with Crippen LogP contribution in [0.3, 0.4) is 0 Å². The first-order chi connectivity index (χ1) is 10.4. The molecular weight excluding hydrogens is 312 g/mol. The van der Waals surface area contributed by atoms with Crippen molar-refractivity contribution in [2.75, 3.05) is 26.3 Å². The lowest BCUT2D eigenvalue weighted by atomic mass is 9.86. The zero-order valence-corrected chi connectivity index (χ0v) is 15.2. The number of carbonyl (C=O) groups is 1. The Morgan fingerprint density at radius 3 is 2.57 bits per heavy atom. The number of halogens is 1. The fourth-order valence-electron chi connectivity index (χ4n) is 2.56. The predicted octanol–water partition coefficient (Wildman–Crippen LogP) is 2.44. The average Bonchev–Trinajstić information content (AvgIpc) is 2.48. The van der Waals surface area contributed by atoms with Gasteiger partial charge in [-0.05, 0) is 23.0 Å². The molecule has 0 aliphatic carbocycles. The SMILES string of the molecule is CC(C)(C)c1ccc(CCNC(=O)CC2COCCN2)cc1.Cl. The Morgan fingerprint density at radius 1 is 1.30 bits per heavy atom. The van der Waals surface area contributed by atoms with Gasteiger partial charge in [0.2, 0.25) is 5.91 Å². The molecule has 0 spiro atoms. The summed E-state index contributed by atoms with van der Waals surface area (Å²) in [6, 6.07) is 8.83. The van der Waals surface area contributed by atoms with Gasteiger partial charge in [0.1, 0.15) is 0 Å². The van der Waals surface area contributed by atoms with Gasteiger partial charge in [-0.1, -0.05) is 45.0 Å². The first-order valence-corrected chi connectivity index (χ1v) is 8.12. The number of amides is 1. The van der Waals surface area contributed by atoms with E-state index in [9.17, 15) is 4.79 Å². The maximum atomic E-state index is 11.9. The summed E-state index contributed by atoms with van der Waals surface area (Å²) in [5.74, 6) is 0.0920. The minimum Gasteiger partial charge on any atom is -0.378 e. The molecule has 0 aromatic heterocycles. The minimum absolute atomic E-state index is 0. The standard InChI is InChI=1S/C18H28N2O2.ClH/c1-18(2,3)15-6-4-14(5-7-15)8-9-20-17(21)12-16-13-22-11-10-19-16;/h4-7,16,19H,8-13H2,1-3H3,(H,20,21);1H. The third kappa shape index (κ3) is 6.90. The third-order valence-corrected chi connectivity index (χ3v) is 3.99. The number of hydrogen-bond donors (Lipinski definition) is 2. The molecule has 1 amide bonds. The normalized spacial score (nSPS) is 18.1. The molecule has 0 radical (unpaired) electrons. The van der Waals surface area contributed by atoms with E-state index in [-0.39, 0.29) is 29.8 Å². The Labute approximate surface area is 145 Å². The molecule has 5 heteroatoms. The quantitative estimate of drug-likeness (QED) is 0.865. The van der Waals surface area contributed by atoms with Crippen LogP contribution in [0, 0.1) is 0 Å². The smallest absolute Gasteiger partial charge is 0.221 e. The Morgan fingerprint density at radius 2 is 2.00 bits per heavy atom. The molecular formula is C18H29ClN2O2. The summed E-state index contributed by atoms with van der Waals surface area (Å²) >= 11 is 0. The Balaban J connectivity index is 0.00000264. The van der Waals surface area contributed by atoms with E-state index in [2.05, 4.69) is 55.7 Å². The van der Waals surface area contributed by atoms with E-state index in [1.54, 1.807) is 0 Å². The average molecular weight is 341 g/mol. The Bertz CT molecular complexity index is 477. The lowest BCUT2D eigenvalue weighted by Gasteiger charge is -2.23. The van der Waals surface area contributed by atoms with Gasteiger partial charge in [-0.25, -0.2) is 0 Å². The Kier molecular flexibility index (Phi) is 8.03. The van der Waals surface area contributed by atoms with Gasteiger partial charge in [-0.3, -0.25) is 4.79 Å². The highest BCUT2D eigenvalue weighted by atomic mass is 35.5. The molecule has 0 saturated carbocycles. The fourth-order valence-corrected chi connectivity index (χ4v) is 2.56. The topological polar surface area (TPSA) is 50.4 Å². The molecule has 1 aliphatic rings. The molecule has 130 valence electrons. The number of carbonyl (C=O) groups excluding carboxylic acids is 1. The number of ether oxygens (including phenoxy) is 1. The lowest BCUT2D eigenvalue weighted by Crippen LogP contribution is -2.44. The van der Waals surface area contributed by atoms with Crippen LogP contribution in [0.5, 0.6) is 0 Å². The van der Waals surface area contributed by atoms with E-state index < -0.39 is 0 Å². The van der Waals surface area contributed by atoms with Crippen LogP contribution in [-0.4, -0.2) is 38.3 Å². The van der Waals surface area contributed by atoms with E-state index in [1.807, 2.05) is 0 Å². The summed E-state index contributed by atoms with van der Waals surface area (Å²) in [5.41, 5.74) is 2.78. The summed E-state index contributed by atoms with van der Waals surface area (Å²) in [6.45, 7) is 9.52. The van der Waals surface area contributed by atoms with Crippen LogP contribution in [0.4, 0.5) is 0 Å². The van der Waals surface area contributed by atoms with Crippen LogP contribution in [0.25, 0.3) is 0 Å². The van der Waals surface area contributed by atoms with Crippen molar-refractivity contribution in [3.05, 3.63) is 35.4 Å². The van der Waals surface area contributed by atoms with Crippen molar-refractivity contribution >= 4 is 18.3 Å². The Hall–Kier alpha value is -1.10. The maximum Gasteiger partial charge on any atom is 0.221 e. The van der Waals surface area contributed by atoms with Gasteiger partial charge in [0.05, 0.1) is 13.2 Å². The first-order valence-electron chi connectivity index (χ1n) is 8.12. The number of rotatable bonds is 5. The van der Waals surface area contributed by atoms with Gasteiger partial charge in [-0.15, -0.1) is 12.4 Å². The van der Waals surface area contributed by atoms with Gasteiger partial charge >= 0.3 is 0 Å². The molecule has 1 atom stereocenters. The summed E-state index contributed by atoms with van der Waals surface area (Å²) in [6.07, 6.45) is 1.35. The number of benzene rings is 1. The molecule has 0 bridgehead atoms. The molecule has 4 nitrogen and oxygen atoms in total. The fraction of sp³-hybridized carbons (Fsp3) is 0.611. The van der Waals surface area contributed by atoms with E-state index in [0.29, 0.717) is 19.6 Å². The van der Waals surface area contributed by atoms with Crippen molar-refractivity contribution in [1.29, 1.82) is 0 Å². The molecule has 1 saturated heterocycles. The van der Waals surface area contributed by atoms with Crippen LogP contribution >= 0.6 is 12.4 Å². The van der Waals surface area contributed by atoms with Gasteiger partial charge in [0, 0.05) is 25.6 Å². The number of hydrogen-bond acceptors (Lipinski definition) is 3. The zero-order valence-electron chi connectivity index (χ0n) is 14.4. The van der Waals surface area contributed by atoms with Crippen LogP contribution in [0.1, 0.15) is 38.3 Å². The number of morpholine rings is 1. The van der Waals surface area contributed by atoms with Crippen molar-refractivity contribution in [2.24, 2.45) is 0 Å². The van der Waals surface area contributed by atoms with Crippen molar-refractivity contribution in [3.63, 3.8) is 0 Å². The van der Waals surface area contributed by atoms with Gasteiger partial charge < -0.3 is 15.4 Å². The second-order valence-corrected chi connectivity index (χ2v) is 6.98. The van der Waals surface area contributed by atoms with Crippen LogP contribution in [0.2, 0.25) is 0 Å². The predicted molar refractivity (Wildman–Crippen MR) is 96.3 cm³/mol. The van der Waals surface area contributed by atoms with Crippen molar-refractivity contribution in [2.45, 2.75) is 45.1 Å². The summed E-state index contributed by atoms with van der Waals surface area (Å²) in [5, 5.41) is 6.28. The second kappa shape index (κ2) is 9.26. The van der Waals surface area contributed by atoms with Gasteiger partial charge in [0.15, 0.2) is 0 Å². The monoisotopic (exact) mass is 340 g/mol. The molecule has 1 aromatic rings. The molecule has 1 fully saturated rings. The second-order valence-electron chi connectivity index (χ2n) is 6.98. The van der Waals surface area contributed by atoms with Crippen molar-refractivity contribution < 1.29 is 9.53 Å². The maximum absolute atomic E-state index is 11.9. The van der Waals surface area contributed by atoms with E-state index in [1.165, 1.54) is 11.1 Å². The summed E-state index contributed by atoms with van der Waals surface area (Å²) in [4.78, 5) is 11.9. The third-order valence-electron chi connectivity index (χ3n) is 3.99. The van der Waals surface area contributed by atoms with E-state index in [0.717, 1.165) is 19.6 Å².